The highest BCUT2D eigenvalue weighted by atomic mass is 19.1. The molecule has 0 radical (unpaired) electrons. The molecule has 4 heteroatoms. The van der Waals surface area contributed by atoms with E-state index in [9.17, 15) is 9.18 Å². The topological polar surface area (TPSA) is 50.2 Å². The van der Waals surface area contributed by atoms with Gasteiger partial charge in [-0.1, -0.05) is 18.2 Å². The van der Waals surface area contributed by atoms with Gasteiger partial charge < -0.3 is 5.11 Å². The molecule has 0 spiro atoms. The Morgan fingerprint density at radius 3 is 2.47 bits per heavy atom. The van der Waals surface area contributed by atoms with Crippen LogP contribution in [0, 0.1) is 12.7 Å². The second-order valence-electron chi connectivity index (χ2n) is 3.70. The van der Waals surface area contributed by atoms with E-state index in [1.54, 1.807) is 25.1 Å². The molecule has 0 aliphatic heterocycles. The summed E-state index contributed by atoms with van der Waals surface area (Å²) in [5.41, 5.74) is 1.91. The number of halogens is 1. The lowest BCUT2D eigenvalue weighted by atomic mass is 10.1. The maximum Gasteiger partial charge on any atom is 0.354 e. The molecule has 86 valence electrons. The number of carbonyl (C=O) groups is 1. The Balaban J connectivity index is 2.39. The van der Waals surface area contributed by atoms with Gasteiger partial charge in [0.25, 0.3) is 0 Å². The summed E-state index contributed by atoms with van der Waals surface area (Å²) in [6.07, 6.45) is 1.42. The highest BCUT2D eigenvalue weighted by Gasteiger charge is 2.06. The van der Waals surface area contributed by atoms with E-state index in [1.165, 1.54) is 18.3 Å². The fourth-order valence-electron chi connectivity index (χ4n) is 1.46. The fourth-order valence-corrected chi connectivity index (χ4v) is 1.46. The Kier molecular flexibility index (Phi) is 2.87. The summed E-state index contributed by atoms with van der Waals surface area (Å²) < 4.78 is 13.4. The van der Waals surface area contributed by atoms with Crippen molar-refractivity contribution in [3.05, 3.63) is 53.6 Å². The molecule has 0 saturated heterocycles. The second kappa shape index (κ2) is 4.33. The van der Waals surface area contributed by atoms with Gasteiger partial charge in [-0.25, -0.2) is 14.2 Å². The van der Waals surface area contributed by atoms with Crippen molar-refractivity contribution < 1.29 is 14.3 Å². The van der Waals surface area contributed by atoms with E-state index in [0.717, 1.165) is 0 Å². The zero-order chi connectivity index (χ0) is 12.4. The van der Waals surface area contributed by atoms with E-state index in [0.29, 0.717) is 16.7 Å². The standard InChI is InChI=1S/C13H10FNO2/c1-8-2-3-9(6-11(8)14)10-4-5-12(13(16)17)15-7-10/h2-7H,1H3,(H,16,17). The molecule has 0 fully saturated rings. The smallest absolute Gasteiger partial charge is 0.354 e. The number of rotatable bonds is 2. The molecule has 1 N–H and O–H groups in total. The summed E-state index contributed by atoms with van der Waals surface area (Å²) >= 11 is 0. The van der Waals surface area contributed by atoms with Crippen molar-refractivity contribution in [2.24, 2.45) is 0 Å². The molecule has 0 aliphatic rings. The molecule has 1 aromatic carbocycles. The van der Waals surface area contributed by atoms with Gasteiger partial charge in [-0.05, 0) is 30.2 Å². The molecule has 0 bridgehead atoms. The lowest BCUT2D eigenvalue weighted by Crippen LogP contribution is -1.99. The van der Waals surface area contributed by atoms with Crippen LogP contribution in [0.4, 0.5) is 4.39 Å². The van der Waals surface area contributed by atoms with Crippen LogP contribution in [0.15, 0.2) is 36.5 Å². The molecule has 3 nitrogen and oxygen atoms in total. The van der Waals surface area contributed by atoms with E-state index >= 15 is 0 Å². The van der Waals surface area contributed by atoms with Crippen molar-refractivity contribution in [1.29, 1.82) is 0 Å². The van der Waals surface area contributed by atoms with Crippen molar-refractivity contribution in [3.63, 3.8) is 0 Å². The number of aromatic nitrogens is 1. The van der Waals surface area contributed by atoms with Crippen LogP contribution in [0.25, 0.3) is 11.1 Å². The number of aryl methyl sites for hydroxylation is 1. The number of aromatic carboxylic acids is 1. The van der Waals surface area contributed by atoms with Crippen LogP contribution in [0.5, 0.6) is 0 Å². The molecule has 2 aromatic rings. The normalized spacial score (nSPS) is 10.2. The van der Waals surface area contributed by atoms with Crippen molar-refractivity contribution in [2.45, 2.75) is 6.92 Å². The maximum absolute atomic E-state index is 13.4. The lowest BCUT2D eigenvalue weighted by molar-refractivity contribution is 0.0690. The maximum atomic E-state index is 13.4. The number of hydrogen-bond acceptors (Lipinski definition) is 2. The van der Waals surface area contributed by atoms with Crippen LogP contribution in [-0.2, 0) is 0 Å². The molecular weight excluding hydrogens is 221 g/mol. The summed E-state index contributed by atoms with van der Waals surface area (Å²) in [6.45, 7) is 1.69. The van der Waals surface area contributed by atoms with E-state index in [2.05, 4.69) is 4.98 Å². The zero-order valence-corrected chi connectivity index (χ0v) is 9.14. The van der Waals surface area contributed by atoms with Gasteiger partial charge in [0.15, 0.2) is 0 Å². The molecule has 17 heavy (non-hydrogen) atoms. The van der Waals surface area contributed by atoms with E-state index in [1.807, 2.05) is 0 Å². The molecule has 0 amide bonds. The SMILES string of the molecule is Cc1ccc(-c2ccc(C(=O)O)nc2)cc1F. The van der Waals surface area contributed by atoms with E-state index < -0.39 is 5.97 Å². The summed E-state index contributed by atoms with van der Waals surface area (Å²) in [5, 5.41) is 8.70. The minimum Gasteiger partial charge on any atom is -0.477 e. The van der Waals surface area contributed by atoms with Crippen LogP contribution in [0.3, 0.4) is 0 Å². The van der Waals surface area contributed by atoms with E-state index in [4.69, 9.17) is 5.11 Å². The molecule has 1 heterocycles. The highest BCUT2D eigenvalue weighted by Crippen LogP contribution is 2.21. The minimum absolute atomic E-state index is 0.0265. The van der Waals surface area contributed by atoms with Crippen molar-refractivity contribution in [1.82, 2.24) is 4.98 Å². The average Bonchev–Trinajstić information content (AvgIpc) is 2.33. The predicted molar refractivity (Wildman–Crippen MR) is 61.3 cm³/mol. The Labute approximate surface area is 97.6 Å². The van der Waals surface area contributed by atoms with Crippen LogP contribution >= 0.6 is 0 Å². The van der Waals surface area contributed by atoms with Crippen LogP contribution in [0.1, 0.15) is 16.1 Å². The summed E-state index contributed by atoms with van der Waals surface area (Å²) in [7, 11) is 0. The fraction of sp³-hybridized carbons (Fsp3) is 0.0769. The summed E-state index contributed by atoms with van der Waals surface area (Å²) in [4.78, 5) is 14.4. The number of carboxylic acids is 1. The zero-order valence-electron chi connectivity index (χ0n) is 9.14. The van der Waals surface area contributed by atoms with Crippen molar-refractivity contribution in [2.75, 3.05) is 0 Å². The third-order valence-corrected chi connectivity index (χ3v) is 2.49. The van der Waals surface area contributed by atoms with Crippen LogP contribution in [0.2, 0.25) is 0 Å². The monoisotopic (exact) mass is 231 g/mol. The van der Waals surface area contributed by atoms with Gasteiger partial charge in [-0.2, -0.15) is 0 Å². The van der Waals surface area contributed by atoms with E-state index in [-0.39, 0.29) is 11.5 Å². The van der Waals surface area contributed by atoms with Crippen LogP contribution < -0.4 is 0 Å². The first-order valence-corrected chi connectivity index (χ1v) is 5.04. The molecular formula is C13H10FNO2. The number of hydrogen-bond donors (Lipinski definition) is 1. The second-order valence-corrected chi connectivity index (χ2v) is 3.70. The van der Waals surface area contributed by atoms with Gasteiger partial charge >= 0.3 is 5.97 Å². The van der Waals surface area contributed by atoms with Gasteiger partial charge in [0.2, 0.25) is 0 Å². The third kappa shape index (κ3) is 2.30. The first kappa shape index (κ1) is 11.3. The van der Waals surface area contributed by atoms with Gasteiger partial charge in [0.05, 0.1) is 0 Å². The molecule has 1 aromatic heterocycles. The minimum atomic E-state index is -1.08. The number of nitrogens with zero attached hydrogens (tertiary/aromatic N) is 1. The Bertz CT molecular complexity index is 564. The summed E-state index contributed by atoms with van der Waals surface area (Å²) in [5.74, 6) is -1.36. The van der Waals surface area contributed by atoms with Crippen molar-refractivity contribution in [3.8, 4) is 11.1 Å². The highest BCUT2D eigenvalue weighted by molar-refractivity contribution is 5.85. The predicted octanol–water partition coefficient (Wildman–Crippen LogP) is 2.89. The Hall–Kier alpha value is -2.23. The Morgan fingerprint density at radius 1 is 1.24 bits per heavy atom. The summed E-state index contributed by atoms with van der Waals surface area (Å²) in [6, 6.07) is 7.87. The first-order chi connectivity index (χ1) is 8.08. The molecule has 0 atom stereocenters. The van der Waals surface area contributed by atoms with Crippen molar-refractivity contribution >= 4 is 5.97 Å². The number of pyridine rings is 1. The van der Waals surface area contributed by atoms with Gasteiger partial charge in [0.1, 0.15) is 11.5 Å². The van der Waals surface area contributed by atoms with Gasteiger partial charge in [-0.3, -0.25) is 0 Å². The molecule has 0 unspecified atom stereocenters. The average molecular weight is 231 g/mol. The Morgan fingerprint density at radius 2 is 1.94 bits per heavy atom. The molecule has 0 saturated carbocycles. The number of benzene rings is 1. The molecule has 0 aliphatic carbocycles. The van der Waals surface area contributed by atoms with Gasteiger partial charge in [-0.15, -0.1) is 0 Å². The third-order valence-electron chi connectivity index (χ3n) is 2.49. The number of carboxylic acid groups (broad SMARTS) is 1. The lowest BCUT2D eigenvalue weighted by Gasteiger charge is -2.03. The van der Waals surface area contributed by atoms with Gasteiger partial charge in [0, 0.05) is 11.8 Å². The quantitative estimate of drug-likeness (QED) is 0.864. The van der Waals surface area contributed by atoms with Crippen LogP contribution in [-0.4, -0.2) is 16.1 Å². The largest absolute Gasteiger partial charge is 0.477 e. The first-order valence-electron chi connectivity index (χ1n) is 5.04. The molecule has 2 rings (SSSR count).